The molecule has 2 aromatic carbocycles. The van der Waals surface area contributed by atoms with Crippen LogP contribution in [-0.2, 0) is 24.2 Å². The van der Waals surface area contributed by atoms with Gasteiger partial charge in [0.2, 0.25) is 0 Å². The molecule has 13 nitrogen and oxygen atoms in total. The number of esters is 1. The number of carbonyl (C=O) groups is 3. The Bertz CT molecular complexity index is 1700. The summed E-state index contributed by atoms with van der Waals surface area (Å²) >= 11 is 0. The monoisotopic (exact) mass is 583 g/mol. The fourth-order valence-corrected chi connectivity index (χ4v) is 5.14. The van der Waals surface area contributed by atoms with Crippen LogP contribution in [0.25, 0.3) is 5.78 Å². The van der Waals surface area contributed by atoms with E-state index in [1.54, 1.807) is 6.07 Å². The number of nitrogens with one attached hydrogen (secondary N) is 3. The van der Waals surface area contributed by atoms with Crippen molar-refractivity contribution in [2.45, 2.75) is 45.2 Å². The minimum absolute atomic E-state index is 0.0305. The van der Waals surface area contributed by atoms with Crippen molar-refractivity contribution in [1.82, 2.24) is 35.5 Å². The fourth-order valence-electron chi connectivity index (χ4n) is 5.14. The number of carbonyl (C=O) groups excluding carboxylic acids is 3. The van der Waals surface area contributed by atoms with Crippen LogP contribution in [0.3, 0.4) is 0 Å². The molecule has 4 aromatic rings. The topological polar surface area (TPSA) is 192 Å². The molecule has 5 rings (SSSR count). The zero-order valence-electron chi connectivity index (χ0n) is 23.7. The summed E-state index contributed by atoms with van der Waals surface area (Å²) in [5.41, 5.74) is 16.3. The van der Waals surface area contributed by atoms with E-state index in [1.165, 1.54) is 23.0 Å². The zero-order valence-corrected chi connectivity index (χ0v) is 23.7. The van der Waals surface area contributed by atoms with Crippen LogP contribution in [0, 0.1) is 6.92 Å². The third kappa shape index (κ3) is 6.59. The summed E-state index contributed by atoms with van der Waals surface area (Å²) in [6.45, 7) is 6.30. The molecule has 0 bridgehead atoms. The molecule has 0 radical (unpaired) electrons. The highest BCUT2D eigenvalue weighted by molar-refractivity contribution is 5.98. The maximum Gasteiger partial charge on any atom is 0.338 e. The molecule has 0 saturated carbocycles. The number of hydrogen-bond acceptors (Lipinski definition) is 10. The van der Waals surface area contributed by atoms with Crippen molar-refractivity contribution in [1.29, 1.82) is 0 Å². The van der Waals surface area contributed by atoms with Crippen molar-refractivity contribution in [3.63, 3.8) is 0 Å². The Morgan fingerprint density at radius 2 is 1.93 bits per heavy atom. The zero-order chi connectivity index (χ0) is 30.5. The fraction of sp³-hybridized carbons (Fsp3) is 0.267. The summed E-state index contributed by atoms with van der Waals surface area (Å²) in [5, 5.41) is 13.0. The largest absolute Gasteiger partial charge is 0.458 e. The normalized spacial score (nSPS) is 14.0. The highest BCUT2D eigenvalue weighted by Gasteiger charge is 2.29. The van der Waals surface area contributed by atoms with E-state index in [0.717, 1.165) is 27.8 Å². The molecule has 0 fully saturated rings. The lowest BCUT2D eigenvalue weighted by atomic mass is 9.98. The average molecular weight is 584 g/mol. The first kappa shape index (κ1) is 29.5. The van der Waals surface area contributed by atoms with Gasteiger partial charge in [0, 0.05) is 19.2 Å². The molecule has 1 aliphatic rings. The molecule has 1 aliphatic carbocycles. The predicted octanol–water partition coefficient (Wildman–Crippen LogP) is 1.41. The van der Waals surface area contributed by atoms with Gasteiger partial charge in [0.15, 0.2) is 0 Å². The molecule has 0 spiro atoms. The summed E-state index contributed by atoms with van der Waals surface area (Å²) < 4.78 is 6.50. The molecular weight excluding hydrogens is 550 g/mol. The van der Waals surface area contributed by atoms with Gasteiger partial charge in [-0.05, 0) is 53.6 Å². The maximum atomic E-state index is 13.5. The third-order valence-corrected chi connectivity index (χ3v) is 7.25. The lowest BCUT2D eigenvalue weighted by molar-refractivity contribution is 0.0548. The molecule has 0 aliphatic heterocycles. The average Bonchev–Trinajstić information content (AvgIpc) is 3.65. The second-order valence-electron chi connectivity index (χ2n) is 10.2. The highest BCUT2D eigenvalue weighted by atomic mass is 16.5. The Labute approximate surface area is 247 Å². The third-order valence-electron chi connectivity index (χ3n) is 7.25. The van der Waals surface area contributed by atoms with E-state index in [0.29, 0.717) is 24.9 Å². The minimum atomic E-state index is -0.633. The minimum Gasteiger partial charge on any atom is -0.458 e. The number of amides is 2. The maximum absolute atomic E-state index is 13.5. The molecule has 0 saturated heterocycles. The van der Waals surface area contributed by atoms with Crippen LogP contribution in [0.4, 0.5) is 0 Å². The summed E-state index contributed by atoms with van der Waals surface area (Å²) in [4.78, 5) is 47.5. The van der Waals surface area contributed by atoms with E-state index in [9.17, 15) is 14.4 Å². The smallest absolute Gasteiger partial charge is 0.338 e. The lowest BCUT2D eigenvalue weighted by Crippen LogP contribution is -2.44. The Hall–Kier alpha value is -4.98. The molecule has 43 heavy (non-hydrogen) atoms. The van der Waals surface area contributed by atoms with Crippen LogP contribution >= 0.6 is 0 Å². The summed E-state index contributed by atoms with van der Waals surface area (Å²) in [7, 11) is 0. The molecule has 7 N–H and O–H groups in total. The van der Waals surface area contributed by atoms with Gasteiger partial charge in [0.05, 0.1) is 11.6 Å². The number of nitrogens with two attached hydrogens (primary N) is 2. The first-order valence-electron chi connectivity index (χ1n) is 13.8. The molecule has 13 heteroatoms. The number of nitrogens with zero attached hydrogens (tertiary/aromatic N) is 4. The van der Waals surface area contributed by atoms with Crippen molar-refractivity contribution in [3.05, 3.63) is 106 Å². The molecule has 222 valence electrons. The molecule has 0 unspecified atom stereocenters. The Morgan fingerprint density at radius 1 is 1.14 bits per heavy atom. The van der Waals surface area contributed by atoms with Gasteiger partial charge in [0.25, 0.3) is 17.6 Å². The van der Waals surface area contributed by atoms with Crippen molar-refractivity contribution in [2.24, 2.45) is 11.5 Å². The van der Waals surface area contributed by atoms with Gasteiger partial charge in [0.1, 0.15) is 30.6 Å². The molecule has 2 aromatic heterocycles. The standard InChI is InChI=1S/C30H33N9O4/c1-3-11-43-28(42)21-7-8-22-20(17(21)2)9-10-23(22)37-27(41)25-13-24(38-30-35-16-36-39(25)30)26(40)33-14-18-5-4-6-19(12-18)15-34-29(31)32/h3-8,12-13,16,23,29,34H,1,9-11,14-15,31-32H2,2H3,(H,33,40)(H,37,41)/t23-/m0/s1. The number of hydrogen-bond donors (Lipinski definition) is 5. The summed E-state index contributed by atoms with van der Waals surface area (Å²) in [6.07, 6.45) is 3.50. The number of ether oxygens (including phenoxy) is 1. The Kier molecular flexibility index (Phi) is 8.85. The van der Waals surface area contributed by atoms with Gasteiger partial charge in [-0.25, -0.2) is 9.78 Å². The number of benzene rings is 2. The van der Waals surface area contributed by atoms with E-state index in [1.807, 2.05) is 37.3 Å². The first-order valence-corrected chi connectivity index (χ1v) is 13.8. The number of rotatable bonds is 11. The molecule has 1 atom stereocenters. The van der Waals surface area contributed by atoms with Gasteiger partial charge < -0.3 is 26.8 Å². The van der Waals surface area contributed by atoms with E-state index >= 15 is 0 Å². The van der Waals surface area contributed by atoms with Crippen molar-refractivity contribution in [3.8, 4) is 0 Å². The van der Waals surface area contributed by atoms with E-state index in [2.05, 4.69) is 37.6 Å². The van der Waals surface area contributed by atoms with Gasteiger partial charge in [-0.1, -0.05) is 43.0 Å². The number of aromatic nitrogens is 4. The highest BCUT2D eigenvalue weighted by Crippen LogP contribution is 2.35. The Morgan fingerprint density at radius 3 is 2.70 bits per heavy atom. The summed E-state index contributed by atoms with van der Waals surface area (Å²) in [5.74, 6) is -1.20. The lowest BCUT2D eigenvalue weighted by Gasteiger charge is -2.16. The van der Waals surface area contributed by atoms with E-state index in [4.69, 9.17) is 16.2 Å². The van der Waals surface area contributed by atoms with E-state index < -0.39 is 24.1 Å². The van der Waals surface area contributed by atoms with Crippen molar-refractivity contribution < 1.29 is 19.1 Å². The second kappa shape index (κ2) is 12.9. The molecule has 2 heterocycles. The quantitative estimate of drug-likeness (QED) is 0.0980. The van der Waals surface area contributed by atoms with E-state index in [-0.39, 0.29) is 36.4 Å². The van der Waals surface area contributed by atoms with Gasteiger partial charge in [-0.15, -0.1) is 0 Å². The van der Waals surface area contributed by atoms with Crippen LogP contribution in [0.5, 0.6) is 0 Å². The van der Waals surface area contributed by atoms with Crippen molar-refractivity contribution in [2.75, 3.05) is 6.61 Å². The van der Waals surface area contributed by atoms with Gasteiger partial charge >= 0.3 is 5.97 Å². The first-order chi connectivity index (χ1) is 20.7. The Balaban J connectivity index is 1.31. The second-order valence-corrected chi connectivity index (χ2v) is 10.2. The predicted molar refractivity (Wildman–Crippen MR) is 158 cm³/mol. The van der Waals surface area contributed by atoms with Crippen LogP contribution < -0.4 is 27.4 Å². The van der Waals surface area contributed by atoms with Crippen LogP contribution in [0.2, 0.25) is 0 Å². The van der Waals surface area contributed by atoms with Gasteiger partial charge in [-0.3, -0.25) is 14.9 Å². The van der Waals surface area contributed by atoms with Crippen LogP contribution in [0.1, 0.15) is 71.6 Å². The van der Waals surface area contributed by atoms with Crippen LogP contribution in [0.15, 0.2) is 61.4 Å². The number of fused-ring (bicyclic) bond motifs is 2. The van der Waals surface area contributed by atoms with Crippen LogP contribution in [-0.4, -0.2) is 50.3 Å². The van der Waals surface area contributed by atoms with Crippen molar-refractivity contribution >= 4 is 23.6 Å². The van der Waals surface area contributed by atoms with Gasteiger partial charge in [-0.2, -0.15) is 14.6 Å². The SMILES string of the molecule is C=CCOC(=O)c1ccc2c(c1C)CC[C@@H]2NC(=O)c1cc(C(=O)NCc2cccc(CNC(N)N)c2)nc2ncnn12. The summed E-state index contributed by atoms with van der Waals surface area (Å²) in [6, 6.07) is 12.3. The molecular formula is C30H33N9O4. The molecule has 2 amide bonds.